The SMILES string of the molecule is C=C[C@H](N[S@@](=O)C(C)(C)C)[C@@H]1OC(C)(C)O[C@H]1C=C. The highest BCUT2D eigenvalue weighted by molar-refractivity contribution is 7.84. The molecule has 4 nitrogen and oxygen atoms in total. The third kappa shape index (κ3) is 4.24. The van der Waals surface area contributed by atoms with Gasteiger partial charge < -0.3 is 9.47 Å². The lowest BCUT2D eigenvalue weighted by Crippen LogP contribution is -2.47. The predicted molar refractivity (Wildman–Crippen MR) is 79.0 cm³/mol. The summed E-state index contributed by atoms with van der Waals surface area (Å²) in [6.07, 6.45) is 2.88. The van der Waals surface area contributed by atoms with E-state index in [2.05, 4.69) is 17.9 Å². The molecule has 0 radical (unpaired) electrons. The Morgan fingerprint density at radius 2 is 1.89 bits per heavy atom. The first-order valence-corrected chi connectivity index (χ1v) is 7.54. The standard InChI is InChI=1S/C14H25NO3S/c1-8-10(15-19(16)13(3,4)5)12-11(9-2)17-14(6,7)18-12/h8-12,15H,1-2H2,3-7H3/t10-,11-,12-,19-/m0/s1. The number of ether oxygens (including phenoxy) is 2. The lowest BCUT2D eigenvalue weighted by Gasteiger charge is -2.27. The topological polar surface area (TPSA) is 47.6 Å². The number of nitrogens with one attached hydrogen (secondary N) is 1. The van der Waals surface area contributed by atoms with Crippen molar-refractivity contribution in [2.45, 2.75) is 63.4 Å². The lowest BCUT2D eigenvalue weighted by molar-refractivity contribution is -0.144. The molecule has 5 heteroatoms. The van der Waals surface area contributed by atoms with Gasteiger partial charge in [0.15, 0.2) is 5.79 Å². The van der Waals surface area contributed by atoms with Gasteiger partial charge in [-0.25, -0.2) is 8.93 Å². The smallest absolute Gasteiger partial charge is 0.164 e. The first kappa shape index (κ1) is 16.6. The van der Waals surface area contributed by atoms with Crippen molar-refractivity contribution in [1.29, 1.82) is 0 Å². The maximum absolute atomic E-state index is 12.2. The summed E-state index contributed by atoms with van der Waals surface area (Å²) in [6, 6.07) is -0.259. The Kier molecular flexibility index (Phi) is 5.12. The van der Waals surface area contributed by atoms with Gasteiger partial charge in [0.1, 0.15) is 12.2 Å². The molecule has 0 bridgehead atoms. The molecule has 0 spiro atoms. The minimum Gasteiger partial charge on any atom is -0.342 e. The molecule has 0 aliphatic carbocycles. The molecule has 1 rings (SSSR count). The van der Waals surface area contributed by atoms with Crippen LogP contribution in [0.15, 0.2) is 25.3 Å². The van der Waals surface area contributed by atoms with Crippen LogP contribution in [0.25, 0.3) is 0 Å². The Hall–Kier alpha value is -0.490. The maximum Gasteiger partial charge on any atom is 0.164 e. The van der Waals surface area contributed by atoms with Crippen LogP contribution in [-0.4, -0.2) is 33.0 Å². The van der Waals surface area contributed by atoms with Gasteiger partial charge in [0.25, 0.3) is 0 Å². The second-order valence-corrected chi connectivity index (χ2v) is 8.06. The van der Waals surface area contributed by atoms with Gasteiger partial charge in [-0.2, -0.15) is 0 Å². The normalized spacial score (nSPS) is 29.7. The Labute approximate surface area is 118 Å². The van der Waals surface area contributed by atoms with E-state index < -0.39 is 16.8 Å². The monoisotopic (exact) mass is 287 g/mol. The van der Waals surface area contributed by atoms with Crippen molar-refractivity contribution in [1.82, 2.24) is 4.72 Å². The summed E-state index contributed by atoms with van der Waals surface area (Å²) in [7, 11) is -1.20. The van der Waals surface area contributed by atoms with Crippen molar-refractivity contribution < 1.29 is 13.7 Å². The average molecular weight is 287 g/mol. The van der Waals surface area contributed by atoms with Crippen molar-refractivity contribution >= 4 is 11.0 Å². The van der Waals surface area contributed by atoms with E-state index in [1.54, 1.807) is 12.2 Å². The van der Waals surface area contributed by atoms with Crippen LogP contribution in [0.4, 0.5) is 0 Å². The lowest BCUT2D eigenvalue weighted by atomic mass is 10.1. The summed E-state index contributed by atoms with van der Waals surface area (Å²) in [5, 5.41) is 0. The third-order valence-corrected chi connectivity index (χ3v) is 4.40. The van der Waals surface area contributed by atoms with Crippen LogP contribution in [0, 0.1) is 0 Å². The van der Waals surface area contributed by atoms with Gasteiger partial charge in [-0.1, -0.05) is 12.2 Å². The zero-order valence-electron chi connectivity index (χ0n) is 12.4. The summed E-state index contributed by atoms with van der Waals surface area (Å²) in [5.41, 5.74) is 0. The first-order valence-electron chi connectivity index (χ1n) is 6.39. The molecule has 110 valence electrons. The van der Waals surface area contributed by atoms with E-state index in [0.29, 0.717) is 0 Å². The molecule has 1 saturated heterocycles. The molecule has 1 N–H and O–H groups in total. The van der Waals surface area contributed by atoms with Crippen molar-refractivity contribution in [3.05, 3.63) is 25.3 Å². The van der Waals surface area contributed by atoms with Crippen molar-refractivity contribution in [3.8, 4) is 0 Å². The van der Waals surface area contributed by atoms with Crippen LogP contribution < -0.4 is 4.72 Å². The number of hydrogen-bond donors (Lipinski definition) is 1. The Balaban J connectivity index is 2.83. The Bertz CT molecular complexity index is 373. The summed E-state index contributed by atoms with van der Waals surface area (Å²) in [5.74, 6) is -0.671. The van der Waals surface area contributed by atoms with Crippen LogP contribution in [0.5, 0.6) is 0 Å². The zero-order chi connectivity index (χ0) is 14.8. The highest BCUT2D eigenvalue weighted by Crippen LogP contribution is 2.31. The van der Waals surface area contributed by atoms with Crippen LogP contribution in [-0.2, 0) is 20.5 Å². The van der Waals surface area contributed by atoms with Crippen molar-refractivity contribution in [3.63, 3.8) is 0 Å². The minimum atomic E-state index is -1.20. The van der Waals surface area contributed by atoms with Crippen LogP contribution in [0.1, 0.15) is 34.6 Å². The van der Waals surface area contributed by atoms with Gasteiger partial charge in [-0.15, -0.1) is 13.2 Å². The molecular weight excluding hydrogens is 262 g/mol. The van der Waals surface area contributed by atoms with Gasteiger partial charge in [0.05, 0.1) is 21.8 Å². The summed E-state index contributed by atoms with van der Waals surface area (Å²) in [6.45, 7) is 17.0. The third-order valence-electron chi connectivity index (χ3n) is 2.80. The maximum atomic E-state index is 12.2. The molecule has 0 amide bonds. The molecule has 1 heterocycles. The van der Waals surface area contributed by atoms with E-state index >= 15 is 0 Å². The summed E-state index contributed by atoms with van der Waals surface area (Å²) in [4.78, 5) is 0. The van der Waals surface area contributed by atoms with E-state index in [1.165, 1.54) is 0 Å². The van der Waals surface area contributed by atoms with Crippen LogP contribution in [0.2, 0.25) is 0 Å². The van der Waals surface area contributed by atoms with Crippen molar-refractivity contribution in [2.75, 3.05) is 0 Å². The quantitative estimate of drug-likeness (QED) is 0.789. The van der Waals surface area contributed by atoms with E-state index in [9.17, 15) is 4.21 Å². The molecule has 19 heavy (non-hydrogen) atoms. The van der Waals surface area contributed by atoms with Gasteiger partial charge in [0.2, 0.25) is 0 Å². The number of hydrogen-bond acceptors (Lipinski definition) is 3. The largest absolute Gasteiger partial charge is 0.342 e. The Morgan fingerprint density at radius 3 is 2.32 bits per heavy atom. The molecule has 0 aromatic rings. The molecular formula is C14H25NO3S. The number of rotatable bonds is 5. The second kappa shape index (κ2) is 5.87. The molecule has 0 aromatic heterocycles. The first-order chi connectivity index (χ1) is 8.60. The molecule has 0 saturated carbocycles. The van der Waals surface area contributed by atoms with E-state index in [1.807, 2.05) is 34.6 Å². The van der Waals surface area contributed by atoms with Gasteiger partial charge in [-0.3, -0.25) is 0 Å². The molecule has 1 aliphatic rings. The minimum absolute atomic E-state index is 0.248. The molecule has 0 unspecified atom stereocenters. The van der Waals surface area contributed by atoms with Crippen molar-refractivity contribution in [2.24, 2.45) is 0 Å². The van der Waals surface area contributed by atoms with E-state index in [-0.39, 0.29) is 23.0 Å². The Morgan fingerprint density at radius 1 is 1.32 bits per heavy atom. The fraction of sp³-hybridized carbons (Fsp3) is 0.714. The fourth-order valence-electron chi connectivity index (χ4n) is 1.83. The molecule has 0 aromatic carbocycles. The van der Waals surface area contributed by atoms with Crippen LogP contribution >= 0.6 is 0 Å². The highest BCUT2D eigenvalue weighted by atomic mass is 32.2. The van der Waals surface area contributed by atoms with Gasteiger partial charge >= 0.3 is 0 Å². The molecule has 1 aliphatic heterocycles. The van der Waals surface area contributed by atoms with E-state index in [0.717, 1.165) is 0 Å². The molecule has 4 atom stereocenters. The highest BCUT2D eigenvalue weighted by Gasteiger charge is 2.43. The van der Waals surface area contributed by atoms with E-state index in [4.69, 9.17) is 9.47 Å². The predicted octanol–water partition coefficient (Wildman–Crippen LogP) is 2.30. The second-order valence-electron chi connectivity index (χ2n) is 6.06. The van der Waals surface area contributed by atoms with Crippen LogP contribution in [0.3, 0.4) is 0 Å². The summed E-state index contributed by atoms with van der Waals surface area (Å²) < 4.78 is 26.5. The van der Waals surface area contributed by atoms with Gasteiger partial charge in [-0.05, 0) is 34.6 Å². The molecule has 1 fully saturated rings. The zero-order valence-corrected chi connectivity index (χ0v) is 13.3. The summed E-state index contributed by atoms with van der Waals surface area (Å²) >= 11 is 0. The average Bonchev–Trinajstić information content (AvgIpc) is 2.59. The fourth-order valence-corrected chi connectivity index (χ4v) is 2.66. The van der Waals surface area contributed by atoms with Gasteiger partial charge in [0, 0.05) is 0 Å².